The summed E-state index contributed by atoms with van der Waals surface area (Å²) in [6.07, 6.45) is 1.67. The minimum Gasteiger partial charge on any atom is -0.465 e. The van der Waals surface area contributed by atoms with Gasteiger partial charge in [0.2, 0.25) is 0 Å². The molecule has 1 heterocycles. The molecule has 0 radical (unpaired) electrons. The van der Waals surface area contributed by atoms with Gasteiger partial charge in [0.05, 0.1) is 17.6 Å². The number of nitrogens with one attached hydrogen (secondary N) is 2. The monoisotopic (exact) mass is 468 g/mol. The van der Waals surface area contributed by atoms with E-state index in [2.05, 4.69) is 14.8 Å². The van der Waals surface area contributed by atoms with Crippen LogP contribution in [0.2, 0.25) is 5.02 Å². The minimum absolute atomic E-state index is 0.00759. The van der Waals surface area contributed by atoms with E-state index in [0.717, 1.165) is 5.56 Å². The molecular weight excluding hydrogens is 452 g/mol. The summed E-state index contributed by atoms with van der Waals surface area (Å²) in [6.45, 7) is 0. The van der Waals surface area contributed by atoms with E-state index < -0.39 is 16.0 Å². The lowest BCUT2D eigenvalue weighted by molar-refractivity contribution is -0.110. The zero-order chi connectivity index (χ0) is 22.9. The zero-order valence-electron chi connectivity index (χ0n) is 16.8. The second kappa shape index (κ2) is 8.49. The first-order valence-electron chi connectivity index (χ1n) is 9.41. The molecule has 0 spiro atoms. The molecule has 0 saturated carbocycles. The van der Waals surface area contributed by atoms with E-state index in [1.165, 1.54) is 43.5 Å². The third-order valence-corrected chi connectivity index (χ3v) is 6.45. The molecule has 1 aliphatic rings. The normalized spacial score (nSPS) is 14.1. The topological polar surface area (TPSA) is 102 Å². The summed E-state index contributed by atoms with van der Waals surface area (Å²) in [4.78, 5) is 24.0. The van der Waals surface area contributed by atoms with E-state index >= 15 is 0 Å². The number of methoxy groups -OCH3 is 1. The van der Waals surface area contributed by atoms with Gasteiger partial charge in [-0.1, -0.05) is 23.7 Å². The van der Waals surface area contributed by atoms with Crippen LogP contribution in [0.25, 0.3) is 11.6 Å². The largest absolute Gasteiger partial charge is 0.465 e. The molecule has 0 aromatic heterocycles. The number of carbonyl (C=O) groups excluding carboxylic acids is 2. The van der Waals surface area contributed by atoms with Crippen molar-refractivity contribution in [2.24, 2.45) is 0 Å². The molecule has 32 heavy (non-hydrogen) atoms. The van der Waals surface area contributed by atoms with Crippen molar-refractivity contribution in [3.05, 3.63) is 88.4 Å². The molecule has 0 bridgehead atoms. The van der Waals surface area contributed by atoms with Crippen LogP contribution in [0.3, 0.4) is 0 Å². The van der Waals surface area contributed by atoms with Gasteiger partial charge >= 0.3 is 5.97 Å². The number of carbonyl (C=O) groups is 2. The Morgan fingerprint density at radius 3 is 2.38 bits per heavy atom. The first-order chi connectivity index (χ1) is 15.3. The van der Waals surface area contributed by atoms with E-state index in [9.17, 15) is 18.0 Å². The Balaban J connectivity index is 1.64. The average Bonchev–Trinajstić information content (AvgIpc) is 3.09. The number of hydrogen-bond acceptors (Lipinski definition) is 5. The van der Waals surface area contributed by atoms with Gasteiger partial charge in [-0.05, 0) is 66.2 Å². The summed E-state index contributed by atoms with van der Waals surface area (Å²) in [5.41, 5.74) is 2.69. The Labute approximate surface area is 189 Å². The summed E-state index contributed by atoms with van der Waals surface area (Å²) in [6, 6.07) is 17.2. The smallest absolute Gasteiger partial charge is 0.337 e. The van der Waals surface area contributed by atoms with Crippen LogP contribution in [0.15, 0.2) is 71.6 Å². The van der Waals surface area contributed by atoms with E-state index in [-0.39, 0.29) is 16.5 Å². The van der Waals surface area contributed by atoms with Gasteiger partial charge in [-0.15, -0.1) is 0 Å². The number of anilines is 2. The van der Waals surface area contributed by atoms with Crippen LogP contribution in [-0.4, -0.2) is 27.4 Å². The fourth-order valence-electron chi connectivity index (χ4n) is 3.21. The number of fused-ring (bicyclic) bond motifs is 1. The zero-order valence-corrected chi connectivity index (χ0v) is 18.3. The molecule has 1 aliphatic heterocycles. The lowest BCUT2D eigenvalue weighted by Crippen LogP contribution is -2.13. The van der Waals surface area contributed by atoms with Crippen molar-refractivity contribution >= 4 is 56.5 Å². The number of ether oxygens (including phenoxy) is 1. The predicted molar refractivity (Wildman–Crippen MR) is 123 cm³/mol. The van der Waals surface area contributed by atoms with E-state index in [1.54, 1.807) is 36.4 Å². The Kier molecular flexibility index (Phi) is 5.73. The summed E-state index contributed by atoms with van der Waals surface area (Å²) < 4.78 is 32.9. The Morgan fingerprint density at radius 2 is 1.72 bits per heavy atom. The number of esters is 1. The third-order valence-electron chi connectivity index (χ3n) is 4.82. The molecule has 1 amide bonds. The van der Waals surface area contributed by atoms with Gasteiger partial charge in [0.25, 0.3) is 15.9 Å². The number of benzene rings is 3. The summed E-state index contributed by atoms with van der Waals surface area (Å²) >= 11 is 5.91. The molecule has 0 atom stereocenters. The van der Waals surface area contributed by atoms with Gasteiger partial charge in [-0.25, -0.2) is 13.2 Å². The molecule has 0 saturated heterocycles. The van der Waals surface area contributed by atoms with Crippen LogP contribution >= 0.6 is 11.6 Å². The Hall–Kier alpha value is -3.62. The first-order valence-corrected chi connectivity index (χ1v) is 11.3. The fourth-order valence-corrected chi connectivity index (χ4v) is 4.42. The van der Waals surface area contributed by atoms with Crippen molar-refractivity contribution < 1.29 is 22.7 Å². The van der Waals surface area contributed by atoms with Gasteiger partial charge in [-0.2, -0.15) is 0 Å². The van der Waals surface area contributed by atoms with E-state index in [4.69, 9.17) is 11.6 Å². The van der Waals surface area contributed by atoms with Gasteiger partial charge < -0.3 is 10.1 Å². The highest BCUT2D eigenvalue weighted by molar-refractivity contribution is 7.92. The highest BCUT2D eigenvalue weighted by Crippen LogP contribution is 2.35. The van der Waals surface area contributed by atoms with Crippen LogP contribution in [0.1, 0.15) is 21.5 Å². The highest BCUT2D eigenvalue weighted by atomic mass is 35.5. The van der Waals surface area contributed by atoms with Gasteiger partial charge in [0, 0.05) is 27.5 Å². The molecule has 0 fully saturated rings. The van der Waals surface area contributed by atoms with E-state index in [0.29, 0.717) is 27.4 Å². The molecule has 0 aliphatic carbocycles. The Bertz CT molecular complexity index is 1350. The molecule has 2 N–H and O–H groups in total. The van der Waals surface area contributed by atoms with Crippen molar-refractivity contribution in [1.82, 2.24) is 0 Å². The van der Waals surface area contributed by atoms with Crippen molar-refractivity contribution in [2.75, 3.05) is 17.1 Å². The van der Waals surface area contributed by atoms with Crippen molar-refractivity contribution in [1.29, 1.82) is 0 Å². The predicted octanol–water partition coefficient (Wildman–Crippen LogP) is 4.42. The van der Waals surface area contributed by atoms with Crippen LogP contribution in [0, 0.1) is 0 Å². The average molecular weight is 469 g/mol. The molecule has 162 valence electrons. The number of amides is 1. The van der Waals surface area contributed by atoms with Gasteiger partial charge in [0.1, 0.15) is 0 Å². The van der Waals surface area contributed by atoms with E-state index in [1.807, 2.05) is 0 Å². The van der Waals surface area contributed by atoms with Crippen LogP contribution in [0.4, 0.5) is 11.4 Å². The minimum atomic E-state index is -3.94. The maximum absolute atomic E-state index is 12.9. The van der Waals surface area contributed by atoms with Crippen LogP contribution < -0.4 is 10.0 Å². The van der Waals surface area contributed by atoms with Crippen LogP contribution in [0.5, 0.6) is 0 Å². The second-order valence-corrected chi connectivity index (χ2v) is 9.06. The van der Waals surface area contributed by atoms with Gasteiger partial charge in [-0.3, -0.25) is 9.52 Å². The van der Waals surface area contributed by atoms with Gasteiger partial charge in [0.15, 0.2) is 0 Å². The number of rotatable bonds is 5. The molecule has 9 heteroatoms. The molecular formula is C23H17ClN2O5S. The quantitative estimate of drug-likeness (QED) is 0.426. The molecule has 3 aromatic rings. The first kappa shape index (κ1) is 21.6. The molecule has 4 rings (SSSR count). The SMILES string of the molecule is COC(=O)c1ccc(NS(=O)(=O)c2ccc3c(c2)C(=Cc2ccc(Cl)cc2)C(=O)N3)cc1. The maximum Gasteiger partial charge on any atom is 0.337 e. The number of sulfonamides is 1. The van der Waals surface area contributed by atoms with Crippen molar-refractivity contribution in [3.63, 3.8) is 0 Å². The molecule has 7 nitrogen and oxygen atoms in total. The number of halogens is 1. The summed E-state index contributed by atoms with van der Waals surface area (Å²) in [5, 5.41) is 3.31. The molecule has 3 aromatic carbocycles. The summed E-state index contributed by atoms with van der Waals surface area (Å²) in [7, 11) is -2.68. The molecule has 0 unspecified atom stereocenters. The van der Waals surface area contributed by atoms with Crippen molar-refractivity contribution in [3.8, 4) is 0 Å². The lowest BCUT2D eigenvalue weighted by atomic mass is 10.0. The fraction of sp³-hybridized carbons (Fsp3) is 0.0435. The highest BCUT2D eigenvalue weighted by Gasteiger charge is 2.26. The lowest BCUT2D eigenvalue weighted by Gasteiger charge is -2.10. The Morgan fingerprint density at radius 1 is 1.03 bits per heavy atom. The number of hydrogen-bond donors (Lipinski definition) is 2. The second-order valence-electron chi connectivity index (χ2n) is 6.95. The standard InChI is InChI=1S/C23H17ClN2O5S/c1-31-23(28)15-4-8-17(9-5-15)26-32(29,30)18-10-11-21-19(13-18)20(22(27)25-21)12-14-2-6-16(24)7-3-14/h2-13,26H,1H3,(H,25,27). The third kappa shape index (κ3) is 4.37. The van der Waals surface area contributed by atoms with Crippen LogP contribution in [-0.2, 0) is 19.6 Å². The van der Waals surface area contributed by atoms with Crippen molar-refractivity contribution in [2.45, 2.75) is 4.90 Å². The summed E-state index contributed by atoms with van der Waals surface area (Å²) in [5.74, 6) is -0.842. The maximum atomic E-state index is 12.9.